The fourth-order valence-electron chi connectivity index (χ4n) is 3.02. The zero-order valence-electron chi connectivity index (χ0n) is 12.4. The van der Waals surface area contributed by atoms with Crippen LogP contribution >= 0.6 is 0 Å². The van der Waals surface area contributed by atoms with Gasteiger partial charge >= 0.3 is 0 Å². The van der Waals surface area contributed by atoms with Gasteiger partial charge in [0.1, 0.15) is 0 Å². The highest BCUT2D eigenvalue weighted by Gasteiger charge is 2.20. The van der Waals surface area contributed by atoms with Gasteiger partial charge in [-0.05, 0) is 42.9 Å². The normalized spacial score (nSPS) is 20.9. The van der Waals surface area contributed by atoms with Crippen molar-refractivity contribution in [3.05, 3.63) is 35.4 Å². The van der Waals surface area contributed by atoms with Crippen LogP contribution < -0.4 is 5.73 Å². The Morgan fingerprint density at radius 3 is 2.47 bits per heavy atom. The molecule has 0 spiro atoms. The van der Waals surface area contributed by atoms with E-state index in [0.29, 0.717) is 6.04 Å². The topological polar surface area (TPSA) is 29.3 Å². The average molecular weight is 260 g/mol. The van der Waals surface area contributed by atoms with Crippen molar-refractivity contribution in [2.75, 3.05) is 13.1 Å². The lowest BCUT2D eigenvalue weighted by atomic mass is 9.99. The largest absolute Gasteiger partial charge is 0.329 e. The van der Waals surface area contributed by atoms with Gasteiger partial charge in [-0.15, -0.1) is 0 Å². The molecule has 0 radical (unpaired) electrons. The van der Waals surface area contributed by atoms with Gasteiger partial charge in [0.25, 0.3) is 0 Å². The smallest absolute Gasteiger partial charge is 0.0237 e. The number of nitrogens with zero attached hydrogens (tertiary/aromatic N) is 1. The van der Waals surface area contributed by atoms with Gasteiger partial charge in [-0.3, -0.25) is 4.90 Å². The molecule has 1 aromatic rings. The number of nitrogens with two attached hydrogens (primary N) is 1. The summed E-state index contributed by atoms with van der Waals surface area (Å²) in [7, 11) is 0. The van der Waals surface area contributed by atoms with E-state index >= 15 is 0 Å². The number of hydrogen-bond acceptors (Lipinski definition) is 2. The monoisotopic (exact) mass is 260 g/mol. The Morgan fingerprint density at radius 1 is 1.16 bits per heavy atom. The van der Waals surface area contributed by atoms with Crippen LogP contribution in [-0.4, -0.2) is 24.0 Å². The van der Waals surface area contributed by atoms with Crippen LogP contribution in [0.15, 0.2) is 24.3 Å². The molecule has 1 fully saturated rings. The van der Waals surface area contributed by atoms with Crippen molar-refractivity contribution in [3.63, 3.8) is 0 Å². The van der Waals surface area contributed by atoms with Crippen LogP contribution in [-0.2, 0) is 13.0 Å². The first-order chi connectivity index (χ1) is 9.19. The van der Waals surface area contributed by atoms with Crippen molar-refractivity contribution in [2.45, 2.75) is 52.1 Å². The van der Waals surface area contributed by atoms with Gasteiger partial charge in [-0.2, -0.15) is 0 Å². The summed E-state index contributed by atoms with van der Waals surface area (Å²) in [5, 5.41) is 0. The molecule has 0 bridgehead atoms. The first-order valence-electron chi connectivity index (χ1n) is 7.71. The van der Waals surface area contributed by atoms with Gasteiger partial charge in [-0.1, -0.05) is 44.5 Å². The highest BCUT2D eigenvalue weighted by Crippen LogP contribution is 2.19. The molecule has 2 N–H and O–H groups in total. The third kappa shape index (κ3) is 4.32. The highest BCUT2D eigenvalue weighted by molar-refractivity contribution is 5.23. The van der Waals surface area contributed by atoms with Crippen molar-refractivity contribution < 1.29 is 0 Å². The van der Waals surface area contributed by atoms with Crippen LogP contribution in [0.2, 0.25) is 0 Å². The lowest BCUT2D eigenvalue weighted by Crippen LogP contribution is -2.43. The lowest BCUT2D eigenvalue weighted by Gasteiger charge is -2.35. The van der Waals surface area contributed by atoms with E-state index in [-0.39, 0.29) is 0 Å². The quantitative estimate of drug-likeness (QED) is 0.881. The molecular weight excluding hydrogens is 232 g/mol. The molecule has 2 nitrogen and oxygen atoms in total. The average Bonchev–Trinajstić information content (AvgIpc) is 2.41. The Labute approximate surface area is 118 Å². The van der Waals surface area contributed by atoms with E-state index in [1.54, 1.807) is 0 Å². The van der Waals surface area contributed by atoms with Crippen LogP contribution in [0.5, 0.6) is 0 Å². The predicted octanol–water partition coefficient (Wildman–Crippen LogP) is 3.20. The van der Waals surface area contributed by atoms with Crippen LogP contribution in [0, 0.1) is 5.92 Å². The Kier molecular flexibility index (Phi) is 5.41. The van der Waals surface area contributed by atoms with Gasteiger partial charge < -0.3 is 5.73 Å². The lowest BCUT2D eigenvalue weighted by molar-refractivity contribution is 0.145. The fourth-order valence-corrected chi connectivity index (χ4v) is 3.02. The van der Waals surface area contributed by atoms with E-state index in [9.17, 15) is 0 Å². The molecule has 1 saturated heterocycles. The molecule has 1 aromatic carbocycles. The molecule has 1 unspecified atom stereocenters. The molecule has 1 atom stereocenters. The summed E-state index contributed by atoms with van der Waals surface area (Å²) >= 11 is 0. The summed E-state index contributed by atoms with van der Waals surface area (Å²) in [5.41, 5.74) is 8.76. The third-order valence-electron chi connectivity index (χ3n) is 4.07. The highest BCUT2D eigenvalue weighted by atomic mass is 15.2. The first kappa shape index (κ1) is 14.5. The molecule has 106 valence electrons. The minimum atomic E-state index is 0.587. The second-order valence-electron chi connectivity index (χ2n) is 6.27. The summed E-state index contributed by atoms with van der Waals surface area (Å²) in [4.78, 5) is 2.56. The second kappa shape index (κ2) is 7.06. The number of rotatable bonds is 5. The molecule has 1 aliphatic heterocycles. The summed E-state index contributed by atoms with van der Waals surface area (Å²) < 4.78 is 0. The third-order valence-corrected chi connectivity index (χ3v) is 4.07. The van der Waals surface area contributed by atoms with Crippen molar-refractivity contribution in [1.82, 2.24) is 4.90 Å². The fraction of sp³-hybridized carbons (Fsp3) is 0.647. The van der Waals surface area contributed by atoms with Crippen LogP contribution in [0.3, 0.4) is 0 Å². The van der Waals surface area contributed by atoms with Gasteiger partial charge in [0, 0.05) is 19.1 Å². The van der Waals surface area contributed by atoms with E-state index in [0.717, 1.165) is 19.0 Å². The zero-order valence-corrected chi connectivity index (χ0v) is 12.4. The van der Waals surface area contributed by atoms with Gasteiger partial charge in [0.05, 0.1) is 0 Å². The molecule has 1 heterocycles. The van der Waals surface area contributed by atoms with Gasteiger partial charge in [0.15, 0.2) is 0 Å². The summed E-state index contributed by atoms with van der Waals surface area (Å²) in [6.45, 7) is 7.60. The van der Waals surface area contributed by atoms with E-state index in [1.165, 1.54) is 43.4 Å². The van der Waals surface area contributed by atoms with E-state index in [2.05, 4.69) is 43.0 Å². The predicted molar refractivity (Wildman–Crippen MR) is 82.1 cm³/mol. The van der Waals surface area contributed by atoms with E-state index in [4.69, 9.17) is 5.73 Å². The minimum absolute atomic E-state index is 0.587. The summed E-state index contributed by atoms with van der Waals surface area (Å²) in [5.74, 6) is 0.731. The Bertz CT molecular complexity index is 369. The first-order valence-corrected chi connectivity index (χ1v) is 7.71. The van der Waals surface area contributed by atoms with Crippen molar-refractivity contribution in [2.24, 2.45) is 11.7 Å². The molecule has 0 aromatic heterocycles. The Morgan fingerprint density at radius 2 is 1.84 bits per heavy atom. The zero-order chi connectivity index (χ0) is 13.7. The number of piperidine rings is 1. The Hall–Kier alpha value is -0.860. The van der Waals surface area contributed by atoms with E-state index in [1.807, 2.05) is 0 Å². The number of hydrogen-bond donors (Lipinski definition) is 1. The van der Waals surface area contributed by atoms with Crippen molar-refractivity contribution in [3.8, 4) is 0 Å². The molecule has 2 rings (SSSR count). The molecule has 0 saturated carbocycles. The Balaban J connectivity index is 1.94. The summed E-state index contributed by atoms with van der Waals surface area (Å²) in [6.07, 6.45) is 5.10. The summed E-state index contributed by atoms with van der Waals surface area (Å²) in [6, 6.07) is 9.75. The van der Waals surface area contributed by atoms with E-state index < -0.39 is 0 Å². The molecular formula is C17H28N2. The maximum absolute atomic E-state index is 5.88. The maximum Gasteiger partial charge on any atom is 0.0237 e. The number of benzene rings is 1. The molecule has 2 heteroatoms. The number of likely N-dealkylation sites (tertiary alicyclic amines) is 1. The molecule has 1 aliphatic rings. The molecule has 19 heavy (non-hydrogen) atoms. The van der Waals surface area contributed by atoms with Crippen molar-refractivity contribution >= 4 is 0 Å². The van der Waals surface area contributed by atoms with Gasteiger partial charge in [-0.25, -0.2) is 0 Å². The van der Waals surface area contributed by atoms with Crippen LogP contribution in [0.1, 0.15) is 44.2 Å². The SMILES string of the molecule is CC(C)Cc1ccc(CN2CCCCC2CN)cc1. The standard InChI is InChI=1S/C17H28N2/c1-14(2)11-15-6-8-16(9-7-15)13-19-10-4-3-5-17(19)12-18/h6-9,14,17H,3-5,10-13,18H2,1-2H3. The minimum Gasteiger partial charge on any atom is -0.329 e. The maximum atomic E-state index is 5.88. The van der Waals surface area contributed by atoms with Gasteiger partial charge in [0.2, 0.25) is 0 Å². The van der Waals surface area contributed by atoms with Crippen LogP contribution in [0.25, 0.3) is 0 Å². The van der Waals surface area contributed by atoms with Crippen molar-refractivity contribution in [1.29, 1.82) is 0 Å². The molecule has 0 aliphatic carbocycles. The molecule has 0 amide bonds. The van der Waals surface area contributed by atoms with Crippen LogP contribution in [0.4, 0.5) is 0 Å². The second-order valence-corrected chi connectivity index (χ2v) is 6.27.